The van der Waals surface area contributed by atoms with E-state index in [4.69, 9.17) is 4.52 Å². The average Bonchev–Trinajstić information content (AvgIpc) is 3.19. The molecule has 0 unspecified atom stereocenters. The SMILES string of the molecule is CC[C@@H]1c2ccsc2CCN1C(=O)CCc1nc(C(C)(C)C)no1. The Morgan fingerprint density at radius 1 is 1.46 bits per heavy atom. The molecule has 3 heterocycles. The number of carbonyl (C=O) groups excluding carboxylic acids is 1. The molecule has 0 fully saturated rings. The van der Waals surface area contributed by atoms with Gasteiger partial charge in [-0.25, -0.2) is 0 Å². The molecule has 3 rings (SSSR count). The van der Waals surface area contributed by atoms with E-state index in [-0.39, 0.29) is 17.4 Å². The van der Waals surface area contributed by atoms with Crippen LogP contribution in [-0.2, 0) is 23.1 Å². The molecule has 6 heteroatoms. The summed E-state index contributed by atoms with van der Waals surface area (Å²) in [7, 11) is 0. The molecule has 0 saturated carbocycles. The van der Waals surface area contributed by atoms with Crippen molar-refractivity contribution < 1.29 is 9.32 Å². The molecular weight excluding hydrogens is 322 g/mol. The van der Waals surface area contributed by atoms with Crippen molar-refractivity contribution in [3.63, 3.8) is 0 Å². The predicted molar refractivity (Wildman–Crippen MR) is 94.1 cm³/mol. The molecule has 1 aliphatic heterocycles. The molecule has 24 heavy (non-hydrogen) atoms. The van der Waals surface area contributed by atoms with Crippen LogP contribution in [0.3, 0.4) is 0 Å². The lowest BCUT2D eigenvalue weighted by Crippen LogP contribution is -2.39. The lowest BCUT2D eigenvalue weighted by Gasteiger charge is -2.35. The third-order valence-electron chi connectivity index (χ3n) is 4.49. The van der Waals surface area contributed by atoms with Crippen LogP contribution in [0.5, 0.6) is 0 Å². The second-order valence-electron chi connectivity index (χ2n) is 7.32. The number of hydrogen-bond acceptors (Lipinski definition) is 5. The van der Waals surface area contributed by atoms with Crippen LogP contribution in [-0.4, -0.2) is 27.5 Å². The van der Waals surface area contributed by atoms with Crippen molar-refractivity contribution in [1.82, 2.24) is 15.0 Å². The Labute approximate surface area is 147 Å². The molecule has 0 aliphatic carbocycles. The number of fused-ring (bicyclic) bond motifs is 1. The molecule has 1 aliphatic rings. The number of nitrogens with zero attached hydrogens (tertiary/aromatic N) is 3. The van der Waals surface area contributed by atoms with Gasteiger partial charge < -0.3 is 9.42 Å². The summed E-state index contributed by atoms with van der Waals surface area (Å²) in [5.41, 5.74) is 1.19. The van der Waals surface area contributed by atoms with Crippen molar-refractivity contribution in [1.29, 1.82) is 0 Å². The van der Waals surface area contributed by atoms with Gasteiger partial charge in [-0.05, 0) is 29.9 Å². The summed E-state index contributed by atoms with van der Waals surface area (Å²) >= 11 is 1.80. The molecule has 0 radical (unpaired) electrons. The zero-order valence-corrected chi connectivity index (χ0v) is 15.7. The normalized spacial score (nSPS) is 17.8. The summed E-state index contributed by atoms with van der Waals surface area (Å²) < 4.78 is 5.30. The van der Waals surface area contributed by atoms with Gasteiger partial charge in [0.25, 0.3) is 0 Å². The molecule has 0 bridgehead atoms. The molecule has 1 amide bonds. The zero-order chi connectivity index (χ0) is 17.3. The van der Waals surface area contributed by atoms with E-state index >= 15 is 0 Å². The van der Waals surface area contributed by atoms with Crippen LogP contribution >= 0.6 is 11.3 Å². The Morgan fingerprint density at radius 2 is 2.25 bits per heavy atom. The topological polar surface area (TPSA) is 59.2 Å². The van der Waals surface area contributed by atoms with Crippen LogP contribution in [0.4, 0.5) is 0 Å². The average molecular weight is 347 g/mol. The van der Waals surface area contributed by atoms with E-state index in [2.05, 4.69) is 28.5 Å². The van der Waals surface area contributed by atoms with Crippen LogP contribution in [0, 0.1) is 0 Å². The number of carbonyl (C=O) groups is 1. The minimum Gasteiger partial charge on any atom is -0.339 e. The van der Waals surface area contributed by atoms with Gasteiger partial charge in [-0.3, -0.25) is 4.79 Å². The molecule has 0 spiro atoms. The van der Waals surface area contributed by atoms with Crippen molar-refractivity contribution in [3.8, 4) is 0 Å². The quantitative estimate of drug-likeness (QED) is 0.842. The van der Waals surface area contributed by atoms with Crippen molar-refractivity contribution in [2.24, 2.45) is 0 Å². The minimum absolute atomic E-state index is 0.138. The Hall–Kier alpha value is -1.69. The highest BCUT2D eigenvalue weighted by Gasteiger charge is 2.30. The van der Waals surface area contributed by atoms with E-state index in [1.807, 2.05) is 25.7 Å². The van der Waals surface area contributed by atoms with E-state index in [9.17, 15) is 4.79 Å². The van der Waals surface area contributed by atoms with Gasteiger partial charge in [0.15, 0.2) is 5.82 Å². The molecule has 0 aromatic carbocycles. The first-order valence-electron chi connectivity index (χ1n) is 8.59. The first-order chi connectivity index (χ1) is 11.4. The van der Waals surface area contributed by atoms with E-state index in [0.717, 1.165) is 19.4 Å². The summed E-state index contributed by atoms with van der Waals surface area (Å²) in [6.45, 7) is 9.09. The van der Waals surface area contributed by atoms with E-state index in [1.165, 1.54) is 10.4 Å². The third-order valence-corrected chi connectivity index (χ3v) is 5.49. The van der Waals surface area contributed by atoms with Gasteiger partial charge in [-0.15, -0.1) is 11.3 Å². The largest absolute Gasteiger partial charge is 0.339 e. The summed E-state index contributed by atoms with van der Waals surface area (Å²) in [6.07, 6.45) is 2.83. The third kappa shape index (κ3) is 3.38. The Kier molecular flexibility index (Phi) is 4.76. The van der Waals surface area contributed by atoms with Gasteiger partial charge >= 0.3 is 0 Å². The van der Waals surface area contributed by atoms with E-state index < -0.39 is 0 Å². The number of aromatic nitrogens is 2. The maximum absolute atomic E-state index is 12.7. The van der Waals surface area contributed by atoms with Crippen LogP contribution in [0.15, 0.2) is 16.0 Å². The fourth-order valence-electron chi connectivity index (χ4n) is 3.15. The highest BCUT2D eigenvalue weighted by atomic mass is 32.1. The molecule has 0 saturated heterocycles. The minimum atomic E-state index is -0.138. The second kappa shape index (κ2) is 6.67. The van der Waals surface area contributed by atoms with Crippen molar-refractivity contribution in [2.45, 2.75) is 64.8 Å². The highest BCUT2D eigenvalue weighted by molar-refractivity contribution is 7.10. The smallest absolute Gasteiger partial charge is 0.227 e. The van der Waals surface area contributed by atoms with Crippen molar-refractivity contribution in [2.75, 3.05) is 6.54 Å². The van der Waals surface area contributed by atoms with E-state index in [0.29, 0.717) is 24.6 Å². The zero-order valence-electron chi connectivity index (χ0n) is 14.8. The van der Waals surface area contributed by atoms with Crippen LogP contribution < -0.4 is 0 Å². The van der Waals surface area contributed by atoms with Crippen LogP contribution in [0.25, 0.3) is 0 Å². The Bertz CT molecular complexity index is 714. The molecule has 2 aromatic rings. The number of amides is 1. The van der Waals surface area contributed by atoms with Gasteiger partial charge in [0, 0.05) is 29.7 Å². The fourth-order valence-corrected chi connectivity index (χ4v) is 4.08. The summed E-state index contributed by atoms with van der Waals surface area (Å²) in [5.74, 6) is 1.42. The van der Waals surface area contributed by atoms with Crippen molar-refractivity contribution in [3.05, 3.63) is 33.6 Å². The number of aryl methyl sites for hydroxylation is 1. The molecule has 0 N–H and O–H groups in total. The predicted octanol–water partition coefficient (Wildman–Crippen LogP) is 3.90. The van der Waals surface area contributed by atoms with Gasteiger partial charge in [0.1, 0.15) is 0 Å². The molecule has 1 atom stereocenters. The second-order valence-corrected chi connectivity index (χ2v) is 8.32. The van der Waals surface area contributed by atoms with Crippen LogP contribution in [0.2, 0.25) is 0 Å². The van der Waals surface area contributed by atoms with Crippen molar-refractivity contribution >= 4 is 17.2 Å². The Morgan fingerprint density at radius 3 is 2.92 bits per heavy atom. The lowest BCUT2D eigenvalue weighted by atomic mass is 9.96. The van der Waals surface area contributed by atoms with E-state index in [1.54, 1.807) is 11.3 Å². The monoisotopic (exact) mass is 347 g/mol. The fraction of sp³-hybridized carbons (Fsp3) is 0.611. The molecule has 130 valence electrons. The van der Waals surface area contributed by atoms with Gasteiger partial charge in [-0.2, -0.15) is 4.98 Å². The number of thiophene rings is 1. The van der Waals surface area contributed by atoms with Gasteiger partial charge in [-0.1, -0.05) is 32.9 Å². The van der Waals surface area contributed by atoms with Gasteiger partial charge in [0.05, 0.1) is 6.04 Å². The summed E-state index contributed by atoms with van der Waals surface area (Å²) in [4.78, 5) is 20.6. The Balaban J connectivity index is 1.64. The maximum Gasteiger partial charge on any atom is 0.227 e. The van der Waals surface area contributed by atoms with Gasteiger partial charge in [0.2, 0.25) is 11.8 Å². The van der Waals surface area contributed by atoms with Crippen LogP contribution in [0.1, 0.15) is 68.7 Å². The standard InChI is InChI=1S/C18H25N3O2S/c1-5-13-12-9-11-24-14(12)8-10-21(13)16(22)7-6-15-19-17(20-23-15)18(2,3)4/h9,11,13H,5-8,10H2,1-4H3/t13-/m1/s1. The lowest BCUT2D eigenvalue weighted by molar-refractivity contribution is -0.134. The number of hydrogen-bond donors (Lipinski definition) is 0. The summed E-state index contributed by atoms with van der Waals surface area (Å²) in [5, 5.41) is 6.15. The molecular formula is C18H25N3O2S. The first-order valence-corrected chi connectivity index (χ1v) is 9.47. The molecule has 2 aromatic heterocycles. The maximum atomic E-state index is 12.7. The first kappa shape index (κ1) is 17.1. The molecule has 5 nitrogen and oxygen atoms in total. The number of rotatable bonds is 4. The highest BCUT2D eigenvalue weighted by Crippen LogP contribution is 2.35. The summed E-state index contributed by atoms with van der Waals surface area (Å²) in [6, 6.07) is 2.38.